The maximum Gasteiger partial charge on any atom is 0.433 e. The summed E-state index contributed by atoms with van der Waals surface area (Å²) in [5.41, 5.74) is 4.34. The monoisotopic (exact) mass is 578 g/mol. The number of fused-ring (bicyclic) bond motifs is 2. The number of thiophene rings is 1. The molecule has 0 bridgehead atoms. The number of hydrogen-bond donors (Lipinski definition) is 2. The van der Waals surface area contributed by atoms with E-state index >= 15 is 0 Å². The quantitative estimate of drug-likeness (QED) is 0.268. The SMILES string of the molecule is CCn1ncc(-c2cc(C(F)(F)F)nc3sc(C(N)=O)c(NC(=O)c4cnn5c(C(F)F)cc(C)nc45)c23)c1C. The van der Waals surface area contributed by atoms with Crippen LogP contribution >= 0.6 is 11.3 Å². The largest absolute Gasteiger partial charge is 0.433 e. The second-order valence-electron chi connectivity index (χ2n) is 8.73. The molecule has 0 fully saturated rings. The Morgan fingerprint density at radius 1 is 1.10 bits per heavy atom. The molecule has 40 heavy (non-hydrogen) atoms. The average Bonchev–Trinajstić information content (AvgIpc) is 3.57. The van der Waals surface area contributed by atoms with E-state index < -0.39 is 35.8 Å². The number of nitrogens with zero attached hydrogens (tertiary/aromatic N) is 6. The summed E-state index contributed by atoms with van der Waals surface area (Å²) in [6.45, 7) is 5.37. The highest BCUT2D eigenvalue weighted by Crippen LogP contribution is 2.44. The Morgan fingerprint density at radius 2 is 1.82 bits per heavy atom. The fourth-order valence-corrected chi connectivity index (χ4v) is 5.40. The van der Waals surface area contributed by atoms with Gasteiger partial charge in [0, 0.05) is 28.9 Å². The topological polar surface area (TPSA) is 133 Å². The Bertz CT molecular complexity index is 1820. The second kappa shape index (κ2) is 9.62. The molecule has 0 atom stereocenters. The second-order valence-corrected chi connectivity index (χ2v) is 9.73. The molecule has 0 spiro atoms. The van der Waals surface area contributed by atoms with E-state index in [0.29, 0.717) is 29.1 Å². The van der Waals surface area contributed by atoms with Crippen LogP contribution in [0.15, 0.2) is 24.5 Å². The molecular weight excluding hydrogens is 559 g/mol. The molecule has 0 radical (unpaired) electrons. The molecule has 0 aliphatic carbocycles. The van der Waals surface area contributed by atoms with Crippen molar-refractivity contribution in [1.82, 2.24) is 29.4 Å². The minimum Gasteiger partial charge on any atom is -0.365 e. The summed E-state index contributed by atoms with van der Waals surface area (Å²) in [7, 11) is 0. The van der Waals surface area contributed by atoms with Gasteiger partial charge in [-0.3, -0.25) is 14.3 Å². The Labute approximate surface area is 225 Å². The minimum absolute atomic E-state index is 0.0161. The molecule has 5 rings (SSSR count). The van der Waals surface area contributed by atoms with Crippen LogP contribution in [0.25, 0.3) is 27.0 Å². The number of aromatic nitrogens is 6. The lowest BCUT2D eigenvalue weighted by Crippen LogP contribution is -2.17. The first kappa shape index (κ1) is 27.1. The molecule has 0 aliphatic heterocycles. The van der Waals surface area contributed by atoms with Gasteiger partial charge >= 0.3 is 6.18 Å². The third kappa shape index (κ3) is 4.43. The highest BCUT2D eigenvalue weighted by Gasteiger charge is 2.36. The van der Waals surface area contributed by atoms with E-state index in [1.807, 2.05) is 0 Å². The molecule has 0 unspecified atom stereocenters. The van der Waals surface area contributed by atoms with Crippen molar-refractivity contribution in [3.05, 3.63) is 57.7 Å². The van der Waals surface area contributed by atoms with Gasteiger partial charge < -0.3 is 11.1 Å². The van der Waals surface area contributed by atoms with Crippen molar-refractivity contribution >= 4 is 44.7 Å². The van der Waals surface area contributed by atoms with Crippen LogP contribution in [-0.2, 0) is 12.7 Å². The van der Waals surface area contributed by atoms with Crippen LogP contribution in [0.3, 0.4) is 0 Å². The molecule has 10 nitrogen and oxygen atoms in total. The number of nitrogens with two attached hydrogens (primary N) is 1. The molecule has 16 heteroatoms. The van der Waals surface area contributed by atoms with Gasteiger partial charge in [0.05, 0.1) is 18.1 Å². The number of carbonyl (C=O) groups is 2. The number of anilines is 1. The summed E-state index contributed by atoms with van der Waals surface area (Å²) in [4.78, 5) is 33.2. The number of rotatable bonds is 6. The van der Waals surface area contributed by atoms with Gasteiger partial charge in [-0.25, -0.2) is 23.3 Å². The molecule has 5 aromatic rings. The number of hydrogen-bond acceptors (Lipinski definition) is 7. The van der Waals surface area contributed by atoms with Crippen molar-refractivity contribution in [3.8, 4) is 11.1 Å². The first-order valence-corrected chi connectivity index (χ1v) is 12.5. The maximum absolute atomic E-state index is 13.8. The maximum atomic E-state index is 13.8. The molecule has 2 amide bonds. The Hall–Kier alpha value is -4.47. The fourth-order valence-electron chi connectivity index (χ4n) is 4.39. The number of pyridine rings is 1. The van der Waals surface area contributed by atoms with Gasteiger partial charge in [0.15, 0.2) is 5.65 Å². The van der Waals surface area contributed by atoms with Crippen molar-refractivity contribution < 1.29 is 31.5 Å². The standard InChI is InChI=1S/C24H19F5N8O2S/c1-4-36-10(3)12(7-31-36)11-6-15(24(27,28)29)34-23-16(11)17(18(40-23)20(30)38)35-22(39)13-8-32-37-14(19(25)26)5-9(2)33-21(13)37/h5-8,19H,4H2,1-3H3,(H2,30,38)(H,35,39). The Morgan fingerprint density at radius 3 is 2.42 bits per heavy atom. The Kier molecular flexibility index (Phi) is 6.52. The van der Waals surface area contributed by atoms with Crippen LogP contribution in [0.2, 0.25) is 0 Å². The van der Waals surface area contributed by atoms with E-state index in [9.17, 15) is 31.5 Å². The summed E-state index contributed by atoms with van der Waals surface area (Å²) in [5, 5.41) is 10.6. The normalized spacial score (nSPS) is 12.1. The summed E-state index contributed by atoms with van der Waals surface area (Å²) < 4.78 is 70.9. The summed E-state index contributed by atoms with van der Waals surface area (Å²) in [6, 6.07) is 1.94. The molecule has 5 heterocycles. The van der Waals surface area contributed by atoms with Gasteiger partial charge in [-0.2, -0.15) is 23.4 Å². The van der Waals surface area contributed by atoms with E-state index in [0.717, 1.165) is 22.8 Å². The molecule has 0 saturated carbocycles. The van der Waals surface area contributed by atoms with Gasteiger partial charge in [-0.05, 0) is 38.5 Å². The number of nitrogens with one attached hydrogen (secondary N) is 1. The highest BCUT2D eigenvalue weighted by molar-refractivity contribution is 7.21. The van der Waals surface area contributed by atoms with Crippen LogP contribution in [0.1, 0.15) is 56.2 Å². The molecule has 0 aliphatic rings. The van der Waals surface area contributed by atoms with E-state index in [4.69, 9.17) is 5.73 Å². The summed E-state index contributed by atoms with van der Waals surface area (Å²) in [6.07, 6.45) is -5.32. The summed E-state index contributed by atoms with van der Waals surface area (Å²) >= 11 is 0.578. The van der Waals surface area contributed by atoms with Gasteiger partial charge in [0.1, 0.15) is 26.7 Å². The lowest BCUT2D eigenvalue weighted by Gasteiger charge is -2.12. The van der Waals surface area contributed by atoms with Crippen molar-refractivity contribution in [3.63, 3.8) is 0 Å². The van der Waals surface area contributed by atoms with Crippen LogP contribution < -0.4 is 11.1 Å². The molecule has 5 aromatic heterocycles. The van der Waals surface area contributed by atoms with E-state index in [-0.39, 0.29) is 43.2 Å². The van der Waals surface area contributed by atoms with Gasteiger partial charge in [-0.1, -0.05) is 0 Å². The van der Waals surface area contributed by atoms with Crippen LogP contribution in [0, 0.1) is 13.8 Å². The van der Waals surface area contributed by atoms with E-state index in [2.05, 4.69) is 25.5 Å². The molecule has 208 valence electrons. The number of carbonyl (C=O) groups excluding carboxylic acids is 2. The van der Waals surface area contributed by atoms with Gasteiger partial charge in [-0.15, -0.1) is 11.3 Å². The van der Waals surface area contributed by atoms with E-state index in [1.165, 1.54) is 13.1 Å². The third-order valence-electron chi connectivity index (χ3n) is 6.20. The van der Waals surface area contributed by atoms with Crippen molar-refractivity contribution in [1.29, 1.82) is 0 Å². The zero-order valence-electron chi connectivity index (χ0n) is 21.0. The third-order valence-corrected chi connectivity index (χ3v) is 7.30. The zero-order valence-corrected chi connectivity index (χ0v) is 21.8. The predicted molar refractivity (Wildman–Crippen MR) is 135 cm³/mol. The summed E-state index contributed by atoms with van der Waals surface area (Å²) in [5.74, 6) is -1.92. The molecule has 3 N–H and O–H groups in total. The van der Waals surface area contributed by atoms with Crippen LogP contribution in [0.4, 0.5) is 27.6 Å². The first-order valence-electron chi connectivity index (χ1n) is 11.6. The van der Waals surface area contributed by atoms with Crippen molar-refractivity contribution in [2.24, 2.45) is 5.73 Å². The number of aryl methyl sites for hydroxylation is 2. The molecular formula is C24H19F5N8O2S. The van der Waals surface area contributed by atoms with Crippen molar-refractivity contribution in [2.45, 2.75) is 39.9 Å². The van der Waals surface area contributed by atoms with Gasteiger partial charge in [0.2, 0.25) is 0 Å². The lowest BCUT2D eigenvalue weighted by atomic mass is 10.0. The Balaban J connectivity index is 1.74. The number of primary amides is 1. The van der Waals surface area contributed by atoms with Crippen LogP contribution in [0.5, 0.6) is 0 Å². The van der Waals surface area contributed by atoms with Gasteiger partial charge in [0.25, 0.3) is 18.2 Å². The molecule has 0 saturated heterocycles. The lowest BCUT2D eigenvalue weighted by molar-refractivity contribution is -0.140. The average molecular weight is 579 g/mol. The van der Waals surface area contributed by atoms with E-state index in [1.54, 1.807) is 18.5 Å². The number of halogens is 5. The smallest absolute Gasteiger partial charge is 0.365 e. The first-order chi connectivity index (χ1) is 18.8. The van der Waals surface area contributed by atoms with Crippen molar-refractivity contribution in [2.75, 3.05) is 5.32 Å². The molecule has 0 aromatic carbocycles. The number of amides is 2. The zero-order chi connectivity index (χ0) is 29.1. The highest BCUT2D eigenvalue weighted by atomic mass is 32.1. The number of alkyl halides is 5. The predicted octanol–water partition coefficient (Wildman–Crippen LogP) is 5.15. The minimum atomic E-state index is -4.82. The van der Waals surface area contributed by atoms with Crippen LogP contribution in [-0.4, -0.2) is 41.2 Å². The fraction of sp³-hybridized carbons (Fsp3) is 0.250.